The molecular weight excluding hydrogens is 430 g/mol. The zero-order valence-electron chi connectivity index (χ0n) is 20.4. The van der Waals surface area contributed by atoms with E-state index in [0.29, 0.717) is 0 Å². The summed E-state index contributed by atoms with van der Waals surface area (Å²) in [4.78, 5) is 12.2. The van der Waals surface area contributed by atoms with Crippen LogP contribution in [0.3, 0.4) is 0 Å². The van der Waals surface area contributed by atoms with Gasteiger partial charge in [0.1, 0.15) is 5.65 Å². The van der Waals surface area contributed by atoms with E-state index in [9.17, 15) is 0 Å². The molecule has 0 aliphatic rings. The van der Waals surface area contributed by atoms with Gasteiger partial charge in [-0.3, -0.25) is 0 Å². The third kappa shape index (κ3) is 5.32. The number of nitrogens with one attached hydrogen (secondary N) is 1. The number of rotatable bonds is 9. The molecule has 35 heavy (non-hydrogen) atoms. The zero-order chi connectivity index (χ0) is 24.0. The molecule has 5 nitrogen and oxygen atoms in total. The van der Waals surface area contributed by atoms with Crippen molar-refractivity contribution in [3.05, 3.63) is 103 Å². The average Bonchev–Trinajstić information content (AvgIpc) is 3.33. The Labute approximate surface area is 207 Å². The molecule has 0 unspecified atom stereocenters. The third-order valence-corrected chi connectivity index (χ3v) is 6.13. The van der Waals surface area contributed by atoms with Gasteiger partial charge in [-0.25, -0.2) is 9.97 Å². The van der Waals surface area contributed by atoms with Crippen LogP contribution in [0.15, 0.2) is 97.2 Å². The lowest BCUT2D eigenvalue weighted by atomic mass is 10.1. The lowest BCUT2D eigenvalue weighted by Crippen LogP contribution is -2.20. The van der Waals surface area contributed by atoms with E-state index in [4.69, 9.17) is 9.97 Å². The van der Waals surface area contributed by atoms with E-state index < -0.39 is 0 Å². The fraction of sp³-hybridized carbons (Fsp3) is 0.200. The van der Waals surface area contributed by atoms with Crippen molar-refractivity contribution in [3.8, 4) is 28.3 Å². The zero-order valence-corrected chi connectivity index (χ0v) is 20.4. The van der Waals surface area contributed by atoms with Gasteiger partial charge in [0.25, 0.3) is 0 Å². The minimum Gasteiger partial charge on any atom is -0.313 e. The Hall–Kier alpha value is -3.80. The molecule has 0 bridgehead atoms. The second-order valence-corrected chi connectivity index (χ2v) is 9.05. The molecule has 3 aromatic carbocycles. The van der Waals surface area contributed by atoms with Crippen molar-refractivity contribution in [2.45, 2.75) is 13.0 Å². The monoisotopic (exact) mass is 461 g/mol. The summed E-state index contributed by atoms with van der Waals surface area (Å²) in [7, 11) is 4.22. The summed E-state index contributed by atoms with van der Waals surface area (Å²) in [6.45, 7) is 2.99. The van der Waals surface area contributed by atoms with Crippen molar-refractivity contribution < 1.29 is 0 Å². The Morgan fingerprint density at radius 1 is 0.771 bits per heavy atom. The van der Waals surface area contributed by atoms with Crippen molar-refractivity contribution in [2.24, 2.45) is 0 Å². The number of hydrogen-bond acceptors (Lipinski definition) is 4. The molecule has 5 rings (SSSR count). The van der Waals surface area contributed by atoms with Crippen molar-refractivity contribution >= 4 is 11.0 Å². The predicted molar refractivity (Wildman–Crippen MR) is 145 cm³/mol. The lowest BCUT2D eigenvalue weighted by molar-refractivity contribution is 0.394. The van der Waals surface area contributed by atoms with Crippen LogP contribution in [0.5, 0.6) is 0 Å². The van der Waals surface area contributed by atoms with Crippen LogP contribution in [0, 0.1) is 0 Å². The molecule has 176 valence electrons. The Bertz CT molecular complexity index is 1370. The lowest BCUT2D eigenvalue weighted by Gasteiger charge is -2.11. The van der Waals surface area contributed by atoms with Crippen LogP contribution in [0.1, 0.15) is 12.0 Å². The maximum Gasteiger partial charge on any atom is 0.162 e. The summed E-state index contributed by atoms with van der Waals surface area (Å²) >= 11 is 0. The first-order valence-corrected chi connectivity index (χ1v) is 12.1. The van der Waals surface area contributed by atoms with Gasteiger partial charge in [0, 0.05) is 34.9 Å². The molecule has 0 saturated carbocycles. The molecule has 5 aromatic rings. The van der Waals surface area contributed by atoms with E-state index in [1.165, 1.54) is 5.56 Å². The quantitative estimate of drug-likeness (QED) is 0.282. The molecule has 0 saturated heterocycles. The molecule has 1 N–H and O–H groups in total. The second-order valence-electron chi connectivity index (χ2n) is 9.05. The molecule has 0 fully saturated rings. The third-order valence-electron chi connectivity index (χ3n) is 6.13. The van der Waals surface area contributed by atoms with Gasteiger partial charge in [-0.1, -0.05) is 72.8 Å². The van der Waals surface area contributed by atoms with E-state index in [1.807, 2.05) is 24.3 Å². The van der Waals surface area contributed by atoms with Crippen LogP contribution in [-0.4, -0.2) is 46.6 Å². The van der Waals surface area contributed by atoms with Crippen molar-refractivity contribution in [1.82, 2.24) is 24.8 Å². The first-order valence-electron chi connectivity index (χ1n) is 12.1. The molecule has 0 aliphatic carbocycles. The number of benzene rings is 3. The van der Waals surface area contributed by atoms with Gasteiger partial charge in [-0.05, 0) is 57.4 Å². The van der Waals surface area contributed by atoms with Crippen LogP contribution in [0.4, 0.5) is 0 Å². The standard InChI is InChI=1S/C30H31N5/c1-34(2)20-9-19-31-22-23-14-16-26(17-15-23)35-21-18-27-28(24-10-5-3-6-11-24)32-29(33-30(27)35)25-12-7-4-8-13-25/h3-8,10-18,21,31H,9,19-20,22H2,1-2H3. The summed E-state index contributed by atoms with van der Waals surface area (Å²) in [6, 6.07) is 31.4. The second kappa shape index (κ2) is 10.6. The van der Waals surface area contributed by atoms with E-state index in [0.717, 1.165) is 65.4 Å². The largest absolute Gasteiger partial charge is 0.313 e. The van der Waals surface area contributed by atoms with E-state index in [1.54, 1.807) is 0 Å². The van der Waals surface area contributed by atoms with Gasteiger partial charge in [0.15, 0.2) is 5.82 Å². The summed E-state index contributed by atoms with van der Waals surface area (Å²) in [6.07, 6.45) is 3.24. The summed E-state index contributed by atoms with van der Waals surface area (Å²) < 4.78 is 2.16. The Morgan fingerprint density at radius 3 is 2.14 bits per heavy atom. The van der Waals surface area contributed by atoms with E-state index in [-0.39, 0.29) is 0 Å². The smallest absolute Gasteiger partial charge is 0.162 e. The van der Waals surface area contributed by atoms with Gasteiger partial charge in [0.2, 0.25) is 0 Å². The van der Waals surface area contributed by atoms with Crippen molar-refractivity contribution in [1.29, 1.82) is 0 Å². The minimum atomic E-state index is 0.732. The summed E-state index contributed by atoms with van der Waals surface area (Å²) in [5.74, 6) is 0.732. The van der Waals surface area contributed by atoms with E-state index in [2.05, 4.69) is 102 Å². The highest BCUT2D eigenvalue weighted by atomic mass is 15.1. The molecule has 0 radical (unpaired) electrons. The topological polar surface area (TPSA) is 46.0 Å². The van der Waals surface area contributed by atoms with Crippen LogP contribution in [0.25, 0.3) is 39.4 Å². The van der Waals surface area contributed by atoms with Crippen LogP contribution in [-0.2, 0) is 6.54 Å². The average molecular weight is 462 g/mol. The predicted octanol–water partition coefficient (Wildman–Crippen LogP) is 5.80. The SMILES string of the molecule is CN(C)CCCNCc1ccc(-n2ccc3c(-c4ccccc4)nc(-c4ccccc4)nc32)cc1. The fourth-order valence-corrected chi connectivity index (χ4v) is 4.28. The van der Waals surface area contributed by atoms with Gasteiger partial charge in [0.05, 0.1) is 5.69 Å². The highest BCUT2D eigenvalue weighted by Crippen LogP contribution is 2.31. The minimum absolute atomic E-state index is 0.732. The first kappa shape index (κ1) is 23.0. The van der Waals surface area contributed by atoms with Crippen molar-refractivity contribution in [3.63, 3.8) is 0 Å². The Balaban J connectivity index is 1.47. The Kier molecular flexibility index (Phi) is 6.98. The maximum atomic E-state index is 5.01. The summed E-state index contributed by atoms with van der Waals surface area (Å²) in [5, 5.41) is 4.58. The first-order chi connectivity index (χ1) is 17.2. The molecular formula is C30H31N5. The molecule has 0 spiro atoms. The normalized spacial score (nSPS) is 11.4. The van der Waals surface area contributed by atoms with Crippen LogP contribution >= 0.6 is 0 Å². The van der Waals surface area contributed by atoms with Gasteiger partial charge < -0.3 is 14.8 Å². The van der Waals surface area contributed by atoms with Gasteiger partial charge in [-0.2, -0.15) is 0 Å². The van der Waals surface area contributed by atoms with Gasteiger partial charge >= 0.3 is 0 Å². The van der Waals surface area contributed by atoms with Crippen LogP contribution < -0.4 is 5.32 Å². The van der Waals surface area contributed by atoms with Crippen LogP contribution in [0.2, 0.25) is 0 Å². The summed E-state index contributed by atoms with van der Waals surface area (Å²) in [5.41, 5.74) is 6.33. The molecule has 0 aliphatic heterocycles. The fourth-order valence-electron chi connectivity index (χ4n) is 4.28. The van der Waals surface area contributed by atoms with E-state index >= 15 is 0 Å². The number of aromatic nitrogens is 3. The van der Waals surface area contributed by atoms with Gasteiger partial charge in [-0.15, -0.1) is 0 Å². The number of hydrogen-bond donors (Lipinski definition) is 1. The highest BCUT2D eigenvalue weighted by molar-refractivity contribution is 5.93. The maximum absolute atomic E-state index is 5.01. The molecule has 2 heterocycles. The Morgan fingerprint density at radius 2 is 1.46 bits per heavy atom. The van der Waals surface area contributed by atoms with Crippen molar-refractivity contribution in [2.75, 3.05) is 27.2 Å². The molecule has 0 atom stereocenters. The molecule has 5 heteroatoms. The number of fused-ring (bicyclic) bond motifs is 1. The molecule has 0 amide bonds. The number of nitrogens with zero attached hydrogens (tertiary/aromatic N) is 4. The molecule has 2 aromatic heterocycles. The highest BCUT2D eigenvalue weighted by Gasteiger charge is 2.15.